The summed E-state index contributed by atoms with van der Waals surface area (Å²) in [7, 11) is 0. The Labute approximate surface area is 160 Å². The van der Waals surface area contributed by atoms with Gasteiger partial charge in [-0.05, 0) is 24.5 Å². The third-order valence-corrected chi connectivity index (χ3v) is 4.66. The predicted molar refractivity (Wildman–Crippen MR) is 105 cm³/mol. The quantitative estimate of drug-likeness (QED) is 0.693. The molecule has 0 radical (unpaired) electrons. The van der Waals surface area contributed by atoms with Gasteiger partial charge in [-0.1, -0.05) is 48.5 Å². The zero-order valence-electron chi connectivity index (χ0n) is 15.5. The SMILES string of the molecule is O=C(CCOc1ccccc1-c1ccccc1)NCCCN1CCCC1=O. The maximum atomic E-state index is 12.0. The summed E-state index contributed by atoms with van der Waals surface area (Å²) in [4.78, 5) is 25.4. The molecule has 1 aliphatic rings. The molecule has 142 valence electrons. The number of amides is 2. The van der Waals surface area contributed by atoms with Crippen LogP contribution in [0.3, 0.4) is 0 Å². The van der Waals surface area contributed by atoms with Gasteiger partial charge in [0.05, 0.1) is 13.0 Å². The number of benzene rings is 2. The molecule has 2 aromatic carbocycles. The molecule has 1 aliphatic heterocycles. The van der Waals surface area contributed by atoms with Crippen molar-refractivity contribution in [3.63, 3.8) is 0 Å². The summed E-state index contributed by atoms with van der Waals surface area (Å²) in [5.41, 5.74) is 2.11. The van der Waals surface area contributed by atoms with Gasteiger partial charge in [-0.3, -0.25) is 9.59 Å². The lowest BCUT2D eigenvalue weighted by Crippen LogP contribution is -2.31. The topological polar surface area (TPSA) is 58.6 Å². The molecule has 27 heavy (non-hydrogen) atoms. The summed E-state index contributed by atoms with van der Waals surface area (Å²) in [5, 5.41) is 2.90. The van der Waals surface area contributed by atoms with E-state index in [1.54, 1.807) is 0 Å². The Morgan fingerprint density at radius 3 is 2.63 bits per heavy atom. The maximum absolute atomic E-state index is 12.0. The van der Waals surface area contributed by atoms with Crippen molar-refractivity contribution in [3.8, 4) is 16.9 Å². The van der Waals surface area contributed by atoms with Gasteiger partial charge in [0.15, 0.2) is 0 Å². The molecule has 0 spiro atoms. The second kappa shape index (κ2) is 9.76. The largest absolute Gasteiger partial charge is 0.492 e. The van der Waals surface area contributed by atoms with E-state index in [1.165, 1.54) is 0 Å². The van der Waals surface area contributed by atoms with Gasteiger partial charge >= 0.3 is 0 Å². The number of rotatable bonds is 9. The van der Waals surface area contributed by atoms with Crippen molar-refractivity contribution in [1.29, 1.82) is 0 Å². The van der Waals surface area contributed by atoms with E-state index in [-0.39, 0.29) is 11.8 Å². The van der Waals surface area contributed by atoms with Crippen molar-refractivity contribution in [3.05, 3.63) is 54.6 Å². The number of hydrogen-bond acceptors (Lipinski definition) is 3. The molecule has 0 saturated carbocycles. The van der Waals surface area contributed by atoms with Crippen LogP contribution in [0, 0.1) is 0 Å². The zero-order chi connectivity index (χ0) is 18.9. The molecule has 1 N–H and O–H groups in total. The lowest BCUT2D eigenvalue weighted by Gasteiger charge is -2.15. The molecule has 0 aliphatic carbocycles. The highest BCUT2D eigenvalue weighted by molar-refractivity contribution is 5.78. The molecule has 5 nitrogen and oxygen atoms in total. The van der Waals surface area contributed by atoms with E-state index in [0.29, 0.717) is 26.0 Å². The highest BCUT2D eigenvalue weighted by Crippen LogP contribution is 2.29. The smallest absolute Gasteiger partial charge is 0.223 e. The van der Waals surface area contributed by atoms with E-state index in [2.05, 4.69) is 5.32 Å². The van der Waals surface area contributed by atoms with Gasteiger partial charge < -0.3 is 15.0 Å². The van der Waals surface area contributed by atoms with Crippen LogP contribution in [0.1, 0.15) is 25.7 Å². The van der Waals surface area contributed by atoms with Crippen LogP contribution in [-0.2, 0) is 9.59 Å². The lowest BCUT2D eigenvalue weighted by molar-refractivity contribution is -0.127. The molecule has 0 aromatic heterocycles. The summed E-state index contributed by atoms with van der Waals surface area (Å²) in [6.45, 7) is 2.49. The standard InChI is InChI=1S/C22H26N2O3/c25-21(23-14-7-16-24-15-6-12-22(24)26)13-17-27-20-11-5-4-10-19(20)18-8-2-1-3-9-18/h1-5,8-11H,6-7,12-17H2,(H,23,25). The number of nitrogens with one attached hydrogen (secondary N) is 1. The van der Waals surface area contributed by atoms with Gasteiger partial charge in [0.2, 0.25) is 11.8 Å². The Bertz CT molecular complexity index is 761. The van der Waals surface area contributed by atoms with Crippen LogP contribution >= 0.6 is 0 Å². The van der Waals surface area contributed by atoms with Crippen LogP contribution in [0.25, 0.3) is 11.1 Å². The minimum Gasteiger partial charge on any atom is -0.492 e. The van der Waals surface area contributed by atoms with Crippen LogP contribution in [-0.4, -0.2) is 43.0 Å². The summed E-state index contributed by atoms with van der Waals surface area (Å²) < 4.78 is 5.85. The van der Waals surface area contributed by atoms with Gasteiger partial charge in [0, 0.05) is 31.6 Å². The predicted octanol–water partition coefficient (Wildman–Crippen LogP) is 3.25. The van der Waals surface area contributed by atoms with Crippen LogP contribution in [0.2, 0.25) is 0 Å². The van der Waals surface area contributed by atoms with Gasteiger partial charge in [-0.2, -0.15) is 0 Å². The van der Waals surface area contributed by atoms with Crippen LogP contribution in [0.5, 0.6) is 5.75 Å². The average Bonchev–Trinajstić information content (AvgIpc) is 3.11. The van der Waals surface area contributed by atoms with Crippen molar-refractivity contribution >= 4 is 11.8 Å². The Hall–Kier alpha value is -2.82. The summed E-state index contributed by atoms with van der Waals surface area (Å²) in [6.07, 6.45) is 2.71. The first kappa shape index (κ1) is 19.0. The van der Waals surface area contributed by atoms with Crippen molar-refractivity contribution in [2.24, 2.45) is 0 Å². The van der Waals surface area contributed by atoms with Crippen molar-refractivity contribution < 1.29 is 14.3 Å². The number of likely N-dealkylation sites (tertiary alicyclic amines) is 1. The molecular weight excluding hydrogens is 340 g/mol. The third-order valence-electron chi connectivity index (χ3n) is 4.66. The zero-order valence-corrected chi connectivity index (χ0v) is 15.5. The van der Waals surface area contributed by atoms with Crippen molar-refractivity contribution in [2.75, 3.05) is 26.2 Å². The van der Waals surface area contributed by atoms with E-state index in [9.17, 15) is 9.59 Å². The number of carbonyl (C=O) groups excluding carboxylic acids is 2. The van der Waals surface area contributed by atoms with Crippen molar-refractivity contribution in [2.45, 2.75) is 25.7 Å². The van der Waals surface area contributed by atoms with Crippen LogP contribution in [0.4, 0.5) is 0 Å². The van der Waals surface area contributed by atoms with E-state index >= 15 is 0 Å². The molecule has 1 saturated heterocycles. The van der Waals surface area contributed by atoms with E-state index < -0.39 is 0 Å². The molecule has 3 rings (SSSR count). The fourth-order valence-electron chi connectivity index (χ4n) is 3.23. The van der Waals surface area contributed by atoms with Crippen LogP contribution in [0.15, 0.2) is 54.6 Å². The van der Waals surface area contributed by atoms with Gasteiger partial charge in [-0.15, -0.1) is 0 Å². The molecule has 2 amide bonds. The van der Waals surface area contributed by atoms with Crippen LogP contribution < -0.4 is 10.1 Å². The Morgan fingerprint density at radius 1 is 1.07 bits per heavy atom. The van der Waals surface area contributed by atoms with E-state index in [4.69, 9.17) is 4.74 Å². The summed E-state index contributed by atoms with van der Waals surface area (Å²) >= 11 is 0. The van der Waals surface area contributed by atoms with Gasteiger partial charge in [0.25, 0.3) is 0 Å². The van der Waals surface area contributed by atoms with E-state index in [1.807, 2.05) is 59.5 Å². The highest BCUT2D eigenvalue weighted by atomic mass is 16.5. The Kier molecular flexibility index (Phi) is 6.85. The average molecular weight is 366 g/mol. The Morgan fingerprint density at radius 2 is 1.85 bits per heavy atom. The fourth-order valence-corrected chi connectivity index (χ4v) is 3.23. The van der Waals surface area contributed by atoms with Crippen molar-refractivity contribution in [1.82, 2.24) is 10.2 Å². The number of carbonyl (C=O) groups is 2. The molecule has 5 heteroatoms. The fraction of sp³-hybridized carbons (Fsp3) is 0.364. The number of para-hydroxylation sites is 1. The second-order valence-corrected chi connectivity index (χ2v) is 6.65. The maximum Gasteiger partial charge on any atom is 0.223 e. The molecule has 0 bridgehead atoms. The lowest BCUT2D eigenvalue weighted by atomic mass is 10.1. The highest BCUT2D eigenvalue weighted by Gasteiger charge is 2.19. The summed E-state index contributed by atoms with van der Waals surface area (Å²) in [5.74, 6) is 0.982. The first-order chi connectivity index (χ1) is 13.2. The Balaban J connectivity index is 1.38. The number of ether oxygens (including phenoxy) is 1. The monoisotopic (exact) mass is 366 g/mol. The third kappa shape index (κ3) is 5.58. The summed E-state index contributed by atoms with van der Waals surface area (Å²) in [6, 6.07) is 17.9. The molecule has 0 unspecified atom stereocenters. The van der Waals surface area contributed by atoms with Gasteiger partial charge in [0.1, 0.15) is 5.75 Å². The molecule has 1 heterocycles. The molecular formula is C22H26N2O3. The first-order valence-electron chi connectivity index (χ1n) is 9.56. The minimum absolute atomic E-state index is 0.0278. The first-order valence-corrected chi connectivity index (χ1v) is 9.56. The molecule has 2 aromatic rings. The minimum atomic E-state index is -0.0278. The van der Waals surface area contributed by atoms with E-state index in [0.717, 1.165) is 42.8 Å². The van der Waals surface area contributed by atoms with Gasteiger partial charge in [-0.25, -0.2) is 0 Å². The number of nitrogens with zero attached hydrogens (tertiary/aromatic N) is 1. The number of hydrogen-bond donors (Lipinski definition) is 1. The normalized spacial score (nSPS) is 13.6. The molecule has 0 atom stereocenters. The molecule has 1 fully saturated rings. The second-order valence-electron chi connectivity index (χ2n) is 6.65.